The van der Waals surface area contributed by atoms with E-state index in [2.05, 4.69) is 6.07 Å². The summed E-state index contributed by atoms with van der Waals surface area (Å²) >= 11 is 0. The van der Waals surface area contributed by atoms with Crippen LogP contribution in [0.1, 0.15) is 13.3 Å². The molecule has 5 nitrogen and oxygen atoms in total. The Kier molecular flexibility index (Phi) is 3.51. The first kappa shape index (κ1) is 12.0. The van der Waals surface area contributed by atoms with Crippen LogP contribution in [0.25, 0.3) is 0 Å². The molecule has 0 aromatic carbocycles. The van der Waals surface area contributed by atoms with Gasteiger partial charge in [-0.2, -0.15) is 15.8 Å². The highest BCUT2D eigenvalue weighted by molar-refractivity contribution is 5.42. The molecule has 0 saturated carbocycles. The molecule has 1 fully saturated rings. The van der Waals surface area contributed by atoms with E-state index in [0.717, 1.165) is 0 Å². The van der Waals surface area contributed by atoms with Crippen LogP contribution in [0.3, 0.4) is 0 Å². The van der Waals surface area contributed by atoms with E-state index in [1.165, 1.54) is 0 Å². The van der Waals surface area contributed by atoms with Gasteiger partial charge in [0.2, 0.25) is 0 Å². The van der Waals surface area contributed by atoms with E-state index in [9.17, 15) is 0 Å². The lowest BCUT2D eigenvalue weighted by Gasteiger charge is -2.30. The molecule has 0 N–H and O–H groups in total. The Hall–Kier alpha value is -2.03. The number of hydrogen-bond acceptors (Lipinski definition) is 5. The Labute approximate surface area is 95.4 Å². The highest BCUT2D eigenvalue weighted by Gasteiger charge is 2.37. The number of allylic oxidation sites excluding steroid dienone is 2. The van der Waals surface area contributed by atoms with Gasteiger partial charge in [0, 0.05) is 20.0 Å². The van der Waals surface area contributed by atoms with Crippen molar-refractivity contribution in [3.05, 3.63) is 11.3 Å². The van der Waals surface area contributed by atoms with E-state index in [-0.39, 0.29) is 17.5 Å². The molecule has 0 spiro atoms. The third-order valence-corrected chi connectivity index (χ3v) is 2.65. The minimum Gasteiger partial charge on any atom is -0.291 e. The number of nitrogens with zero attached hydrogens (tertiary/aromatic N) is 5. The molecule has 1 aliphatic heterocycles. The van der Waals surface area contributed by atoms with Crippen molar-refractivity contribution in [3.8, 4) is 18.2 Å². The summed E-state index contributed by atoms with van der Waals surface area (Å²) in [5.41, 5.74) is 0.750. The first-order valence-electron chi connectivity index (χ1n) is 4.97. The monoisotopic (exact) mass is 215 g/mol. The first-order valence-corrected chi connectivity index (χ1v) is 4.97. The van der Waals surface area contributed by atoms with Crippen molar-refractivity contribution in [1.82, 2.24) is 10.0 Å². The van der Waals surface area contributed by atoms with Crippen LogP contribution >= 0.6 is 0 Å². The maximum atomic E-state index is 9.04. The second-order valence-corrected chi connectivity index (χ2v) is 3.96. The summed E-state index contributed by atoms with van der Waals surface area (Å²) in [7, 11) is 3.60. The van der Waals surface area contributed by atoms with Crippen LogP contribution in [0.2, 0.25) is 0 Å². The average Bonchev–Trinajstić information content (AvgIpc) is 2.58. The lowest BCUT2D eigenvalue weighted by molar-refractivity contribution is 0.0601. The van der Waals surface area contributed by atoms with E-state index in [4.69, 9.17) is 15.8 Å². The van der Waals surface area contributed by atoms with Gasteiger partial charge in [0.15, 0.2) is 0 Å². The number of hydrogen-bond donors (Lipinski definition) is 0. The third kappa shape index (κ3) is 1.84. The van der Waals surface area contributed by atoms with Crippen LogP contribution in [0.5, 0.6) is 0 Å². The van der Waals surface area contributed by atoms with Crippen molar-refractivity contribution in [3.63, 3.8) is 0 Å². The fraction of sp³-hybridized carbons (Fsp3) is 0.545. The first-order chi connectivity index (χ1) is 7.56. The molecule has 0 bridgehead atoms. The smallest absolute Gasteiger partial charge is 0.150 e. The van der Waals surface area contributed by atoms with Gasteiger partial charge in [-0.3, -0.25) is 5.01 Å². The minimum atomic E-state index is -0.295. The van der Waals surface area contributed by atoms with Gasteiger partial charge in [0.1, 0.15) is 23.8 Å². The fourth-order valence-corrected chi connectivity index (χ4v) is 2.04. The second-order valence-electron chi connectivity index (χ2n) is 3.96. The highest BCUT2D eigenvalue weighted by atomic mass is 15.6. The van der Waals surface area contributed by atoms with E-state index in [1.807, 2.05) is 19.1 Å². The van der Waals surface area contributed by atoms with Gasteiger partial charge < -0.3 is 0 Å². The van der Waals surface area contributed by atoms with Crippen molar-refractivity contribution < 1.29 is 0 Å². The van der Waals surface area contributed by atoms with Crippen molar-refractivity contribution in [1.29, 1.82) is 15.8 Å². The van der Waals surface area contributed by atoms with Crippen LogP contribution in [-0.4, -0.2) is 30.2 Å². The second kappa shape index (κ2) is 4.66. The molecular formula is C11H13N5. The SMILES string of the molecule is C[C@@H]1C[C@@H](C#N)N(N(C)C)C1=C(C#N)C#N. The molecule has 0 aromatic heterocycles. The van der Waals surface area contributed by atoms with Gasteiger partial charge in [-0.1, -0.05) is 6.92 Å². The standard InChI is InChI=1S/C11H13N5/c1-8-4-10(7-14)16(15(2)3)11(8)9(5-12)6-13/h8,10H,4H2,1-3H3/t8-,10+/m1/s1. The quantitative estimate of drug-likeness (QED) is 0.610. The van der Waals surface area contributed by atoms with E-state index in [0.29, 0.717) is 12.1 Å². The average molecular weight is 215 g/mol. The van der Waals surface area contributed by atoms with Gasteiger partial charge in [0.05, 0.1) is 11.8 Å². The molecule has 0 radical (unpaired) electrons. The van der Waals surface area contributed by atoms with Gasteiger partial charge >= 0.3 is 0 Å². The Balaban J connectivity index is 3.29. The van der Waals surface area contributed by atoms with E-state index in [1.54, 1.807) is 24.1 Å². The summed E-state index contributed by atoms with van der Waals surface area (Å²) < 4.78 is 0. The lowest BCUT2D eigenvalue weighted by atomic mass is 10.0. The molecule has 0 unspecified atom stereocenters. The lowest BCUT2D eigenvalue weighted by Crippen LogP contribution is -2.39. The topological polar surface area (TPSA) is 77.8 Å². The van der Waals surface area contributed by atoms with Crippen LogP contribution < -0.4 is 0 Å². The third-order valence-electron chi connectivity index (χ3n) is 2.65. The summed E-state index contributed by atoms with van der Waals surface area (Å²) in [6, 6.07) is 5.68. The van der Waals surface area contributed by atoms with Gasteiger partial charge in [-0.05, 0) is 6.42 Å². The predicted octanol–water partition coefficient (Wildman–Crippen LogP) is 0.998. The van der Waals surface area contributed by atoms with E-state index >= 15 is 0 Å². The molecule has 82 valence electrons. The molecule has 2 atom stereocenters. The molecule has 1 rings (SSSR count). The zero-order valence-corrected chi connectivity index (χ0v) is 9.60. The molecular weight excluding hydrogens is 202 g/mol. The minimum absolute atomic E-state index is 0.0568. The maximum Gasteiger partial charge on any atom is 0.150 e. The van der Waals surface area contributed by atoms with Crippen LogP contribution in [0.4, 0.5) is 0 Å². The molecule has 1 saturated heterocycles. The summed E-state index contributed by atoms with van der Waals surface area (Å²) in [5.74, 6) is 0.0568. The van der Waals surface area contributed by atoms with Crippen LogP contribution in [-0.2, 0) is 0 Å². The Bertz CT molecular complexity index is 413. The Morgan fingerprint density at radius 2 is 1.88 bits per heavy atom. The summed E-state index contributed by atoms with van der Waals surface area (Å²) in [6.45, 7) is 1.93. The van der Waals surface area contributed by atoms with Crippen LogP contribution in [0.15, 0.2) is 11.3 Å². The van der Waals surface area contributed by atoms with Crippen molar-refractivity contribution in [2.24, 2.45) is 5.92 Å². The normalized spacial score (nSPS) is 23.8. The summed E-state index contributed by atoms with van der Waals surface area (Å²) in [5, 5.41) is 30.3. The van der Waals surface area contributed by atoms with Crippen molar-refractivity contribution in [2.45, 2.75) is 19.4 Å². The number of hydrazine groups is 1. The molecule has 0 amide bonds. The van der Waals surface area contributed by atoms with E-state index < -0.39 is 0 Å². The molecule has 0 aliphatic carbocycles. The molecule has 1 heterocycles. The zero-order valence-electron chi connectivity index (χ0n) is 9.60. The maximum absolute atomic E-state index is 9.04. The predicted molar refractivity (Wildman–Crippen MR) is 57.0 cm³/mol. The van der Waals surface area contributed by atoms with Crippen molar-refractivity contribution >= 4 is 0 Å². The molecule has 1 aliphatic rings. The molecule has 16 heavy (non-hydrogen) atoms. The molecule has 5 heteroatoms. The zero-order chi connectivity index (χ0) is 12.3. The highest BCUT2D eigenvalue weighted by Crippen LogP contribution is 2.35. The van der Waals surface area contributed by atoms with Crippen LogP contribution in [0, 0.1) is 39.9 Å². The number of rotatable bonds is 1. The van der Waals surface area contributed by atoms with Gasteiger partial charge in [0.25, 0.3) is 0 Å². The van der Waals surface area contributed by atoms with Crippen molar-refractivity contribution in [2.75, 3.05) is 14.1 Å². The van der Waals surface area contributed by atoms with Gasteiger partial charge in [-0.15, -0.1) is 0 Å². The fourth-order valence-electron chi connectivity index (χ4n) is 2.04. The van der Waals surface area contributed by atoms with Gasteiger partial charge in [-0.25, -0.2) is 5.01 Å². The summed E-state index contributed by atoms with van der Waals surface area (Å²) in [4.78, 5) is 0. The number of nitriles is 3. The summed E-state index contributed by atoms with van der Waals surface area (Å²) in [6.07, 6.45) is 0.650. The Morgan fingerprint density at radius 3 is 2.25 bits per heavy atom. The largest absolute Gasteiger partial charge is 0.291 e. The Morgan fingerprint density at radius 1 is 1.31 bits per heavy atom. The molecule has 0 aromatic rings.